The monoisotopic (exact) mass is 354 g/mol. The largest absolute Gasteiger partial charge is 0.476 e. The maximum absolute atomic E-state index is 11.5. The summed E-state index contributed by atoms with van der Waals surface area (Å²) in [5.74, 6) is -0.119. The first-order valence-corrected chi connectivity index (χ1v) is 8.29. The minimum absolute atomic E-state index is 0.0432. The van der Waals surface area contributed by atoms with E-state index in [9.17, 15) is 9.90 Å². The Bertz CT molecular complexity index is 1010. The van der Waals surface area contributed by atoms with Gasteiger partial charge in [0.25, 0.3) is 0 Å². The molecule has 1 aromatic carbocycles. The third kappa shape index (κ3) is 2.49. The van der Waals surface area contributed by atoms with Crippen molar-refractivity contribution >= 4 is 17.6 Å². The van der Waals surface area contributed by atoms with E-state index in [1.807, 2.05) is 26.0 Å². The second-order valence-corrected chi connectivity index (χ2v) is 6.75. The molecule has 0 amide bonds. The van der Waals surface area contributed by atoms with Gasteiger partial charge in [0.1, 0.15) is 12.2 Å². The molecule has 0 saturated carbocycles. The van der Waals surface area contributed by atoms with Crippen LogP contribution in [0.2, 0.25) is 5.02 Å². The van der Waals surface area contributed by atoms with E-state index in [-0.39, 0.29) is 11.6 Å². The summed E-state index contributed by atoms with van der Waals surface area (Å²) in [7, 11) is 0. The number of imidazole rings is 1. The number of carboxylic acid groups (broad SMARTS) is 1. The highest BCUT2D eigenvalue weighted by atomic mass is 35.5. The van der Waals surface area contributed by atoms with Crippen LogP contribution < -0.4 is 0 Å². The molecule has 6 nitrogen and oxygen atoms in total. The first-order chi connectivity index (χ1) is 12.0. The molecule has 126 valence electrons. The summed E-state index contributed by atoms with van der Waals surface area (Å²) < 4.78 is 1.80. The van der Waals surface area contributed by atoms with Crippen molar-refractivity contribution in [2.24, 2.45) is 0 Å². The molecule has 0 radical (unpaired) electrons. The Hall–Kier alpha value is -2.73. The molecule has 7 heteroatoms. The van der Waals surface area contributed by atoms with Gasteiger partial charge < -0.3 is 9.67 Å². The third-order valence-corrected chi connectivity index (χ3v) is 4.53. The molecule has 3 aromatic rings. The lowest BCUT2D eigenvalue weighted by molar-refractivity contribution is 0.0690. The quantitative estimate of drug-likeness (QED) is 0.593. The molecule has 1 aliphatic rings. The molecular formula is C18H15ClN4O2. The molecule has 1 aliphatic heterocycles. The zero-order valence-electron chi connectivity index (χ0n) is 13.7. The van der Waals surface area contributed by atoms with Crippen LogP contribution in [0.25, 0.3) is 16.9 Å². The van der Waals surface area contributed by atoms with Crippen LogP contribution in [-0.4, -0.2) is 30.6 Å². The van der Waals surface area contributed by atoms with Crippen molar-refractivity contribution in [2.75, 3.05) is 0 Å². The van der Waals surface area contributed by atoms with Gasteiger partial charge in [-0.3, -0.25) is 0 Å². The van der Waals surface area contributed by atoms with E-state index in [0.29, 0.717) is 17.1 Å². The van der Waals surface area contributed by atoms with Crippen molar-refractivity contribution < 1.29 is 9.90 Å². The van der Waals surface area contributed by atoms with Crippen LogP contribution in [0.1, 0.15) is 47.3 Å². The van der Waals surface area contributed by atoms with Gasteiger partial charge >= 0.3 is 5.97 Å². The number of benzene rings is 1. The molecule has 0 fully saturated rings. The van der Waals surface area contributed by atoms with Crippen LogP contribution in [-0.2, 0) is 6.42 Å². The van der Waals surface area contributed by atoms with E-state index < -0.39 is 5.97 Å². The summed E-state index contributed by atoms with van der Waals surface area (Å²) in [6.07, 6.45) is 3.70. The fourth-order valence-corrected chi connectivity index (χ4v) is 3.25. The topological polar surface area (TPSA) is 80.9 Å². The fraction of sp³-hybridized carbons (Fsp3) is 0.222. The molecule has 2 aromatic heterocycles. The van der Waals surface area contributed by atoms with E-state index in [1.165, 1.54) is 6.33 Å². The van der Waals surface area contributed by atoms with Gasteiger partial charge in [0, 0.05) is 34.7 Å². The molecule has 0 bridgehead atoms. The van der Waals surface area contributed by atoms with Crippen molar-refractivity contribution in [3.63, 3.8) is 0 Å². The number of hydrogen-bond donors (Lipinski definition) is 1. The molecule has 0 unspecified atom stereocenters. The van der Waals surface area contributed by atoms with E-state index >= 15 is 0 Å². The standard InChI is InChI=1S/C18H15ClN4O2/c1-9(2)17-20-7-10-5-14-16(18(24)25)21-8-23(14)13-4-3-11(19)6-12(13)15(10)22-17/h3-4,6-9H,5H2,1-2H3,(H,24,25). The van der Waals surface area contributed by atoms with E-state index in [4.69, 9.17) is 16.6 Å². The van der Waals surface area contributed by atoms with Gasteiger partial charge in [-0.25, -0.2) is 19.7 Å². The molecule has 4 rings (SSSR count). The van der Waals surface area contributed by atoms with Gasteiger partial charge in [-0.15, -0.1) is 0 Å². The number of carboxylic acids is 1. The Morgan fingerprint density at radius 3 is 2.84 bits per heavy atom. The van der Waals surface area contributed by atoms with Crippen LogP contribution >= 0.6 is 11.6 Å². The van der Waals surface area contributed by atoms with Crippen molar-refractivity contribution in [3.05, 3.63) is 58.5 Å². The smallest absolute Gasteiger partial charge is 0.356 e. The first kappa shape index (κ1) is 15.8. The Balaban J connectivity index is 2.06. The van der Waals surface area contributed by atoms with Gasteiger partial charge in [0.2, 0.25) is 0 Å². The highest BCUT2D eigenvalue weighted by Gasteiger charge is 2.26. The molecule has 1 N–H and O–H groups in total. The van der Waals surface area contributed by atoms with Crippen LogP contribution in [0.15, 0.2) is 30.7 Å². The maximum atomic E-state index is 11.5. The molecule has 0 spiro atoms. The van der Waals surface area contributed by atoms with Gasteiger partial charge in [0.15, 0.2) is 5.69 Å². The molecule has 25 heavy (non-hydrogen) atoms. The van der Waals surface area contributed by atoms with Gasteiger partial charge in [0.05, 0.1) is 17.1 Å². The van der Waals surface area contributed by atoms with E-state index in [0.717, 1.165) is 28.3 Å². The van der Waals surface area contributed by atoms with Gasteiger partial charge in [-0.2, -0.15) is 0 Å². The Kier molecular flexibility index (Phi) is 3.58. The first-order valence-electron chi connectivity index (χ1n) is 7.91. The third-order valence-electron chi connectivity index (χ3n) is 4.30. The molecule has 0 saturated heterocycles. The number of rotatable bonds is 2. The van der Waals surface area contributed by atoms with Gasteiger partial charge in [-0.05, 0) is 18.2 Å². The van der Waals surface area contributed by atoms with Crippen molar-refractivity contribution in [1.29, 1.82) is 0 Å². The summed E-state index contributed by atoms with van der Waals surface area (Å²) in [6, 6.07) is 5.49. The van der Waals surface area contributed by atoms with Crippen LogP contribution in [0.4, 0.5) is 0 Å². The number of aromatic carboxylic acids is 1. The SMILES string of the molecule is CC(C)c1ncc2c(n1)-c1cc(Cl)ccc1-n1cnc(C(=O)O)c1C2. The van der Waals surface area contributed by atoms with Crippen LogP contribution in [0.5, 0.6) is 0 Å². The van der Waals surface area contributed by atoms with Crippen molar-refractivity contribution in [1.82, 2.24) is 19.5 Å². The van der Waals surface area contributed by atoms with Crippen LogP contribution in [0, 0.1) is 0 Å². The summed E-state index contributed by atoms with van der Waals surface area (Å²) in [5.41, 5.74) is 3.95. The average molecular weight is 355 g/mol. The molecular weight excluding hydrogens is 340 g/mol. The highest BCUT2D eigenvalue weighted by Crippen LogP contribution is 2.36. The number of fused-ring (bicyclic) bond motifs is 5. The number of halogens is 1. The summed E-state index contributed by atoms with van der Waals surface area (Å²) in [6.45, 7) is 4.07. The number of hydrogen-bond acceptors (Lipinski definition) is 4. The Morgan fingerprint density at radius 2 is 2.12 bits per heavy atom. The summed E-state index contributed by atoms with van der Waals surface area (Å²) in [5, 5.41) is 10.0. The second kappa shape index (κ2) is 5.67. The zero-order valence-corrected chi connectivity index (χ0v) is 14.4. The summed E-state index contributed by atoms with van der Waals surface area (Å²) in [4.78, 5) is 24.8. The fourth-order valence-electron chi connectivity index (χ4n) is 3.08. The average Bonchev–Trinajstić information content (AvgIpc) is 2.93. The lowest BCUT2D eigenvalue weighted by Gasteiger charge is -2.12. The lowest BCUT2D eigenvalue weighted by atomic mass is 10.0. The van der Waals surface area contributed by atoms with Crippen LogP contribution in [0.3, 0.4) is 0 Å². The predicted octanol–water partition coefficient (Wildman–Crippen LogP) is 3.71. The Morgan fingerprint density at radius 1 is 1.32 bits per heavy atom. The van der Waals surface area contributed by atoms with Crippen molar-refractivity contribution in [2.45, 2.75) is 26.2 Å². The lowest BCUT2D eigenvalue weighted by Crippen LogP contribution is -2.06. The molecule has 0 aliphatic carbocycles. The number of aromatic nitrogens is 4. The number of nitrogens with zero attached hydrogens (tertiary/aromatic N) is 4. The Labute approximate surface area is 149 Å². The zero-order chi connectivity index (χ0) is 17.7. The molecule has 0 atom stereocenters. The maximum Gasteiger partial charge on any atom is 0.356 e. The summed E-state index contributed by atoms with van der Waals surface area (Å²) >= 11 is 6.22. The molecule has 3 heterocycles. The second-order valence-electron chi connectivity index (χ2n) is 6.31. The minimum atomic E-state index is -1.05. The predicted molar refractivity (Wildman–Crippen MR) is 93.5 cm³/mol. The van der Waals surface area contributed by atoms with Gasteiger partial charge in [-0.1, -0.05) is 25.4 Å². The van der Waals surface area contributed by atoms with Crippen molar-refractivity contribution in [3.8, 4) is 16.9 Å². The number of carbonyl (C=O) groups is 1. The van der Waals surface area contributed by atoms with E-state index in [2.05, 4.69) is 9.97 Å². The minimum Gasteiger partial charge on any atom is -0.476 e. The normalized spacial score (nSPS) is 12.3. The highest BCUT2D eigenvalue weighted by molar-refractivity contribution is 6.31. The van der Waals surface area contributed by atoms with E-state index in [1.54, 1.807) is 16.8 Å².